The van der Waals surface area contributed by atoms with Crippen LogP contribution < -0.4 is 10.5 Å². The van der Waals surface area contributed by atoms with Crippen molar-refractivity contribution in [1.29, 1.82) is 0 Å². The molecule has 0 fully saturated rings. The Morgan fingerprint density at radius 3 is 2.26 bits per heavy atom. The van der Waals surface area contributed by atoms with Gasteiger partial charge >= 0.3 is 0 Å². The Bertz CT molecular complexity index is 469. The van der Waals surface area contributed by atoms with Crippen LogP contribution in [0.3, 0.4) is 0 Å². The van der Waals surface area contributed by atoms with E-state index in [-0.39, 0.29) is 4.90 Å². The highest BCUT2D eigenvalue weighted by Crippen LogP contribution is 2.12. The highest BCUT2D eigenvalue weighted by Gasteiger charge is 2.10. The van der Waals surface area contributed by atoms with Crippen LogP contribution in [-0.4, -0.2) is 21.0 Å². The lowest BCUT2D eigenvalue weighted by Crippen LogP contribution is -2.31. The number of benzene rings is 1. The van der Waals surface area contributed by atoms with Crippen molar-refractivity contribution in [2.24, 2.45) is 5.14 Å². The van der Waals surface area contributed by atoms with Crippen LogP contribution >= 0.6 is 0 Å². The minimum Gasteiger partial charge on any atom is -0.314 e. The Labute approximate surface area is 116 Å². The molecular formula is C14H24N2O2S. The Morgan fingerprint density at radius 2 is 1.79 bits per heavy atom. The zero-order valence-electron chi connectivity index (χ0n) is 11.7. The van der Waals surface area contributed by atoms with Crippen LogP contribution in [0.5, 0.6) is 0 Å². The lowest BCUT2D eigenvalue weighted by atomic mass is 10.0. The Kier molecular flexibility index (Phi) is 6.48. The van der Waals surface area contributed by atoms with E-state index in [4.69, 9.17) is 5.14 Å². The van der Waals surface area contributed by atoms with Crippen LogP contribution in [0.25, 0.3) is 0 Å². The molecule has 4 nitrogen and oxygen atoms in total. The summed E-state index contributed by atoms with van der Waals surface area (Å²) in [6.07, 6.45) is 4.29. The third-order valence-corrected chi connectivity index (χ3v) is 3.98. The molecule has 108 valence electrons. The molecule has 3 N–H and O–H groups in total. The van der Waals surface area contributed by atoms with E-state index in [0.29, 0.717) is 6.04 Å². The predicted octanol–water partition coefficient (Wildman–Crippen LogP) is 2.04. The molecule has 0 aromatic heterocycles. The van der Waals surface area contributed by atoms with E-state index in [9.17, 15) is 8.42 Å². The van der Waals surface area contributed by atoms with Gasteiger partial charge in [-0.25, -0.2) is 13.6 Å². The second kappa shape index (κ2) is 7.62. The topological polar surface area (TPSA) is 72.2 Å². The van der Waals surface area contributed by atoms with Gasteiger partial charge in [0, 0.05) is 6.04 Å². The molecule has 1 rings (SSSR count). The van der Waals surface area contributed by atoms with Crippen molar-refractivity contribution in [3.8, 4) is 0 Å². The molecule has 1 unspecified atom stereocenters. The number of sulfonamides is 1. The van der Waals surface area contributed by atoms with Gasteiger partial charge in [0.05, 0.1) is 4.90 Å². The van der Waals surface area contributed by atoms with Crippen molar-refractivity contribution in [2.45, 2.75) is 50.5 Å². The summed E-state index contributed by atoms with van der Waals surface area (Å²) in [6.45, 7) is 5.33. The number of nitrogens with one attached hydrogen (secondary N) is 1. The first-order valence-electron chi connectivity index (χ1n) is 6.82. The minimum atomic E-state index is -3.59. The largest absolute Gasteiger partial charge is 0.314 e. The molecule has 0 aliphatic carbocycles. The van der Waals surface area contributed by atoms with Gasteiger partial charge in [0.1, 0.15) is 0 Å². The maximum atomic E-state index is 11.2. The van der Waals surface area contributed by atoms with Gasteiger partial charge in [0.2, 0.25) is 10.0 Å². The van der Waals surface area contributed by atoms with Crippen molar-refractivity contribution in [1.82, 2.24) is 5.32 Å². The van der Waals surface area contributed by atoms with E-state index in [0.717, 1.165) is 37.8 Å². The summed E-state index contributed by atoms with van der Waals surface area (Å²) in [5.41, 5.74) is 1.13. The summed E-state index contributed by atoms with van der Waals surface area (Å²) < 4.78 is 22.4. The van der Waals surface area contributed by atoms with Crippen LogP contribution in [0.15, 0.2) is 29.2 Å². The summed E-state index contributed by atoms with van der Waals surface area (Å²) in [5, 5.41) is 8.60. The van der Waals surface area contributed by atoms with E-state index in [1.54, 1.807) is 12.1 Å². The fourth-order valence-electron chi connectivity index (χ4n) is 2.07. The SMILES string of the molecule is CCCNC(CCC)Cc1ccc(S(N)(=O)=O)cc1. The maximum absolute atomic E-state index is 11.2. The Morgan fingerprint density at radius 1 is 1.16 bits per heavy atom. The fraction of sp³-hybridized carbons (Fsp3) is 0.571. The number of nitrogens with two attached hydrogens (primary N) is 1. The molecule has 0 bridgehead atoms. The normalized spacial score (nSPS) is 13.4. The standard InChI is InChI=1S/C14H24N2O2S/c1-3-5-13(16-10-4-2)11-12-6-8-14(9-7-12)19(15,17)18/h6-9,13,16H,3-5,10-11H2,1-2H3,(H2,15,17,18). The first kappa shape index (κ1) is 16.1. The number of hydrogen-bond donors (Lipinski definition) is 2. The van der Waals surface area contributed by atoms with Crippen LogP contribution in [0.4, 0.5) is 0 Å². The average Bonchev–Trinajstić information content (AvgIpc) is 2.36. The first-order valence-corrected chi connectivity index (χ1v) is 8.37. The molecule has 0 aliphatic heterocycles. The van der Waals surface area contributed by atoms with Gasteiger partial charge in [-0.3, -0.25) is 0 Å². The minimum absolute atomic E-state index is 0.171. The summed E-state index contributed by atoms with van der Waals surface area (Å²) in [5.74, 6) is 0. The highest BCUT2D eigenvalue weighted by molar-refractivity contribution is 7.89. The number of rotatable bonds is 8. The lowest BCUT2D eigenvalue weighted by molar-refractivity contribution is 0.473. The van der Waals surface area contributed by atoms with Crippen molar-refractivity contribution in [2.75, 3.05) is 6.54 Å². The van der Waals surface area contributed by atoms with Gasteiger partial charge in [-0.15, -0.1) is 0 Å². The summed E-state index contributed by atoms with van der Waals surface area (Å²) in [7, 11) is -3.59. The third-order valence-electron chi connectivity index (χ3n) is 3.05. The molecule has 0 saturated heterocycles. The molecule has 5 heteroatoms. The molecule has 0 amide bonds. The summed E-state index contributed by atoms with van der Waals surface area (Å²) in [4.78, 5) is 0.171. The van der Waals surface area contributed by atoms with Crippen LogP contribution in [0.1, 0.15) is 38.7 Å². The van der Waals surface area contributed by atoms with E-state index >= 15 is 0 Å². The zero-order chi connectivity index (χ0) is 14.3. The monoisotopic (exact) mass is 284 g/mol. The molecule has 1 atom stereocenters. The highest BCUT2D eigenvalue weighted by atomic mass is 32.2. The lowest BCUT2D eigenvalue weighted by Gasteiger charge is -2.18. The third kappa shape index (κ3) is 5.72. The first-order chi connectivity index (χ1) is 8.97. The van der Waals surface area contributed by atoms with Crippen molar-refractivity contribution >= 4 is 10.0 Å². The van der Waals surface area contributed by atoms with Crippen LogP contribution in [-0.2, 0) is 16.4 Å². The maximum Gasteiger partial charge on any atom is 0.238 e. The van der Waals surface area contributed by atoms with Gasteiger partial charge in [0.15, 0.2) is 0 Å². The van der Waals surface area contributed by atoms with Gasteiger partial charge in [-0.05, 0) is 43.5 Å². The smallest absolute Gasteiger partial charge is 0.238 e. The molecule has 0 heterocycles. The molecule has 1 aromatic rings. The summed E-state index contributed by atoms with van der Waals surface area (Å²) >= 11 is 0. The molecule has 0 saturated carbocycles. The Balaban J connectivity index is 2.69. The van der Waals surface area contributed by atoms with E-state index in [2.05, 4.69) is 19.2 Å². The molecular weight excluding hydrogens is 260 g/mol. The predicted molar refractivity (Wildman–Crippen MR) is 78.5 cm³/mol. The summed E-state index contributed by atoms with van der Waals surface area (Å²) in [6, 6.07) is 7.29. The fourth-order valence-corrected chi connectivity index (χ4v) is 2.59. The molecule has 0 aliphatic rings. The van der Waals surface area contributed by atoms with Gasteiger partial charge in [-0.1, -0.05) is 32.4 Å². The average molecular weight is 284 g/mol. The van der Waals surface area contributed by atoms with E-state index in [1.807, 2.05) is 12.1 Å². The molecule has 1 aromatic carbocycles. The van der Waals surface area contributed by atoms with E-state index in [1.165, 1.54) is 0 Å². The zero-order valence-corrected chi connectivity index (χ0v) is 12.5. The second-order valence-electron chi connectivity index (χ2n) is 4.83. The van der Waals surface area contributed by atoms with Crippen molar-refractivity contribution in [3.63, 3.8) is 0 Å². The van der Waals surface area contributed by atoms with Gasteiger partial charge in [-0.2, -0.15) is 0 Å². The van der Waals surface area contributed by atoms with Crippen LogP contribution in [0.2, 0.25) is 0 Å². The Hall–Kier alpha value is -0.910. The van der Waals surface area contributed by atoms with Crippen molar-refractivity contribution in [3.05, 3.63) is 29.8 Å². The van der Waals surface area contributed by atoms with E-state index < -0.39 is 10.0 Å². The second-order valence-corrected chi connectivity index (χ2v) is 6.39. The number of primary sulfonamides is 1. The quantitative estimate of drug-likeness (QED) is 0.767. The molecule has 0 radical (unpaired) electrons. The van der Waals surface area contributed by atoms with Crippen molar-refractivity contribution < 1.29 is 8.42 Å². The molecule has 0 spiro atoms. The van der Waals surface area contributed by atoms with Gasteiger partial charge in [0.25, 0.3) is 0 Å². The molecule has 19 heavy (non-hydrogen) atoms. The number of hydrogen-bond acceptors (Lipinski definition) is 3. The van der Waals surface area contributed by atoms with Gasteiger partial charge < -0.3 is 5.32 Å². The van der Waals surface area contributed by atoms with Crippen LogP contribution in [0, 0.1) is 0 Å².